The van der Waals surface area contributed by atoms with Gasteiger partial charge < -0.3 is 10.2 Å². The number of benzene rings is 1. The molecule has 0 heterocycles. The molecule has 1 saturated carbocycles. The van der Waals surface area contributed by atoms with E-state index in [1.165, 1.54) is 19.3 Å². The van der Waals surface area contributed by atoms with E-state index in [1.807, 2.05) is 31.0 Å². The van der Waals surface area contributed by atoms with Gasteiger partial charge in [0.1, 0.15) is 0 Å². The summed E-state index contributed by atoms with van der Waals surface area (Å²) in [7, 11) is 3.68. The molecule has 0 bridgehead atoms. The van der Waals surface area contributed by atoms with E-state index in [9.17, 15) is 9.59 Å². The van der Waals surface area contributed by atoms with Crippen LogP contribution in [-0.4, -0.2) is 54.3 Å². The number of rotatable bonds is 6. The zero-order valence-corrected chi connectivity index (χ0v) is 16.1. The Morgan fingerprint density at radius 3 is 2.48 bits per heavy atom. The largest absolute Gasteiger partial charge is 0.341 e. The Morgan fingerprint density at radius 2 is 1.84 bits per heavy atom. The molecule has 0 aliphatic heterocycles. The first-order valence-electron chi connectivity index (χ1n) is 8.91. The van der Waals surface area contributed by atoms with Gasteiger partial charge in [-0.25, -0.2) is 0 Å². The van der Waals surface area contributed by atoms with Crippen LogP contribution in [0.1, 0.15) is 39.0 Å². The van der Waals surface area contributed by atoms with Crippen molar-refractivity contribution in [2.75, 3.05) is 26.0 Å². The summed E-state index contributed by atoms with van der Waals surface area (Å²) in [6.07, 6.45) is 5.78. The number of halogens is 1. The highest BCUT2D eigenvalue weighted by molar-refractivity contribution is 6.33. The fourth-order valence-electron chi connectivity index (χ4n) is 3.25. The number of anilines is 1. The third-order valence-electron chi connectivity index (χ3n) is 5.03. The second kappa shape index (κ2) is 9.20. The van der Waals surface area contributed by atoms with E-state index in [0.29, 0.717) is 16.8 Å². The molecular formula is C19H28ClN3O2. The maximum Gasteiger partial charge on any atom is 0.239 e. The first kappa shape index (κ1) is 19.7. The predicted octanol–water partition coefficient (Wildman–Crippen LogP) is 3.39. The number of nitrogens with one attached hydrogen (secondary N) is 1. The van der Waals surface area contributed by atoms with E-state index in [-0.39, 0.29) is 24.4 Å². The molecule has 6 heteroatoms. The number of para-hydroxylation sites is 1. The molecule has 138 valence electrons. The molecule has 0 spiro atoms. The van der Waals surface area contributed by atoms with Gasteiger partial charge in [-0.15, -0.1) is 0 Å². The molecular weight excluding hydrogens is 338 g/mol. The number of carbonyl (C=O) groups excluding carboxylic acids is 2. The van der Waals surface area contributed by atoms with Gasteiger partial charge in [0.25, 0.3) is 0 Å². The average molecular weight is 366 g/mol. The van der Waals surface area contributed by atoms with Crippen LogP contribution in [0.2, 0.25) is 5.02 Å². The Kier molecular flexibility index (Phi) is 7.26. The Labute approximate surface area is 155 Å². The summed E-state index contributed by atoms with van der Waals surface area (Å²) in [5, 5.41) is 3.29. The molecule has 1 atom stereocenters. The minimum Gasteiger partial charge on any atom is -0.341 e. The highest BCUT2D eigenvalue weighted by Gasteiger charge is 2.28. The monoisotopic (exact) mass is 365 g/mol. The number of hydrogen-bond acceptors (Lipinski definition) is 3. The topological polar surface area (TPSA) is 52.7 Å². The molecule has 25 heavy (non-hydrogen) atoms. The van der Waals surface area contributed by atoms with Crippen molar-refractivity contribution < 1.29 is 9.59 Å². The van der Waals surface area contributed by atoms with E-state index in [0.717, 1.165) is 12.8 Å². The molecule has 0 saturated heterocycles. The van der Waals surface area contributed by atoms with Crippen LogP contribution in [0.3, 0.4) is 0 Å². The van der Waals surface area contributed by atoms with Crippen LogP contribution in [0, 0.1) is 0 Å². The van der Waals surface area contributed by atoms with Gasteiger partial charge in [-0.1, -0.05) is 43.0 Å². The summed E-state index contributed by atoms with van der Waals surface area (Å²) in [6.45, 7) is 1.99. The second-order valence-corrected chi connectivity index (χ2v) is 7.27. The van der Waals surface area contributed by atoms with Gasteiger partial charge in [-0.05, 0) is 38.9 Å². The van der Waals surface area contributed by atoms with E-state index >= 15 is 0 Å². The van der Waals surface area contributed by atoms with Gasteiger partial charge in [-0.2, -0.15) is 0 Å². The Morgan fingerprint density at radius 1 is 1.20 bits per heavy atom. The molecule has 1 aliphatic carbocycles. The lowest BCUT2D eigenvalue weighted by Crippen LogP contribution is -2.49. The number of amides is 2. The fourth-order valence-corrected chi connectivity index (χ4v) is 3.43. The summed E-state index contributed by atoms with van der Waals surface area (Å²) in [4.78, 5) is 28.6. The van der Waals surface area contributed by atoms with E-state index < -0.39 is 0 Å². The van der Waals surface area contributed by atoms with Crippen LogP contribution in [0.15, 0.2) is 24.3 Å². The van der Waals surface area contributed by atoms with Crippen LogP contribution in [0.5, 0.6) is 0 Å². The second-order valence-electron chi connectivity index (χ2n) is 6.86. The lowest BCUT2D eigenvalue weighted by Gasteiger charge is -2.35. The predicted molar refractivity (Wildman–Crippen MR) is 102 cm³/mol. The van der Waals surface area contributed by atoms with Crippen LogP contribution in [-0.2, 0) is 9.59 Å². The highest BCUT2D eigenvalue weighted by Crippen LogP contribution is 2.23. The number of nitrogens with zero attached hydrogens (tertiary/aromatic N) is 2. The van der Waals surface area contributed by atoms with Crippen molar-refractivity contribution in [3.8, 4) is 0 Å². The van der Waals surface area contributed by atoms with Crippen molar-refractivity contribution in [1.82, 2.24) is 9.80 Å². The summed E-state index contributed by atoms with van der Waals surface area (Å²) in [6, 6.07) is 7.10. The Hall–Kier alpha value is -1.59. The maximum absolute atomic E-state index is 12.7. The Balaban J connectivity index is 1.88. The highest BCUT2D eigenvalue weighted by atomic mass is 35.5. The first-order chi connectivity index (χ1) is 11.9. The Bertz CT molecular complexity index is 602. The maximum atomic E-state index is 12.7. The molecule has 1 N–H and O–H groups in total. The van der Waals surface area contributed by atoms with Crippen LogP contribution < -0.4 is 5.32 Å². The molecule has 1 aliphatic rings. The molecule has 0 aromatic heterocycles. The standard InChI is InChI=1S/C19H28ClN3O2/c1-14(19(25)23(3)15-9-5-4-6-10-15)22(2)13-18(24)21-17-12-8-7-11-16(17)20/h7-8,11-12,14-15H,4-6,9-10,13H2,1-3H3,(H,21,24)/t14-/m1/s1. The summed E-state index contributed by atoms with van der Waals surface area (Å²) >= 11 is 6.06. The number of carbonyl (C=O) groups is 2. The van der Waals surface area contributed by atoms with Gasteiger partial charge in [0.05, 0.1) is 23.3 Å². The fraction of sp³-hybridized carbons (Fsp3) is 0.579. The third kappa shape index (κ3) is 5.44. The zero-order valence-electron chi connectivity index (χ0n) is 15.3. The van der Waals surface area contributed by atoms with Gasteiger partial charge in [0.15, 0.2) is 0 Å². The van der Waals surface area contributed by atoms with E-state index in [1.54, 1.807) is 24.1 Å². The molecule has 5 nitrogen and oxygen atoms in total. The minimum absolute atomic E-state index is 0.0694. The van der Waals surface area contributed by atoms with E-state index in [4.69, 9.17) is 11.6 Å². The first-order valence-corrected chi connectivity index (χ1v) is 9.29. The van der Waals surface area contributed by atoms with Crippen LogP contribution in [0.25, 0.3) is 0 Å². The van der Waals surface area contributed by atoms with Crippen molar-refractivity contribution >= 4 is 29.1 Å². The van der Waals surface area contributed by atoms with Crippen LogP contribution in [0.4, 0.5) is 5.69 Å². The molecule has 0 radical (unpaired) electrons. The molecule has 1 aromatic carbocycles. The zero-order chi connectivity index (χ0) is 18.4. The normalized spacial score (nSPS) is 16.5. The molecule has 2 rings (SSSR count). The summed E-state index contributed by atoms with van der Waals surface area (Å²) in [5.41, 5.74) is 0.584. The molecule has 2 amide bonds. The summed E-state index contributed by atoms with van der Waals surface area (Å²) < 4.78 is 0. The third-order valence-corrected chi connectivity index (χ3v) is 5.36. The number of hydrogen-bond donors (Lipinski definition) is 1. The van der Waals surface area contributed by atoms with Gasteiger partial charge >= 0.3 is 0 Å². The van der Waals surface area contributed by atoms with Gasteiger partial charge in [-0.3, -0.25) is 14.5 Å². The lowest BCUT2D eigenvalue weighted by molar-refractivity contribution is -0.137. The smallest absolute Gasteiger partial charge is 0.239 e. The minimum atomic E-state index is -0.344. The summed E-state index contributed by atoms with van der Waals surface area (Å²) in [5.74, 6) is -0.115. The number of likely N-dealkylation sites (N-methyl/N-ethyl adjacent to an activating group) is 2. The molecule has 0 unspecified atom stereocenters. The molecule has 1 aromatic rings. The lowest BCUT2D eigenvalue weighted by atomic mass is 9.94. The van der Waals surface area contributed by atoms with Gasteiger partial charge in [0, 0.05) is 13.1 Å². The van der Waals surface area contributed by atoms with E-state index in [2.05, 4.69) is 5.32 Å². The van der Waals surface area contributed by atoms with Crippen molar-refractivity contribution in [3.63, 3.8) is 0 Å². The molecule has 1 fully saturated rings. The quantitative estimate of drug-likeness (QED) is 0.840. The van der Waals surface area contributed by atoms with Crippen LogP contribution >= 0.6 is 11.6 Å². The average Bonchev–Trinajstić information content (AvgIpc) is 2.62. The van der Waals surface area contributed by atoms with Crippen molar-refractivity contribution in [2.45, 2.75) is 51.1 Å². The van der Waals surface area contributed by atoms with Gasteiger partial charge in [0.2, 0.25) is 11.8 Å². The van der Waals surface area contributed by atoms with Crippen molar-refractivity contribution in [1.29, 1.82) is 0 Å². The SMILES string of the molecule is C[C@H](C(=O)N(C)C1CCCCC1)N(C)CC(=O)Nc1ccccc1Cl. The van der Waals surface area contributed by atoms with Crippen molar-refractivity contribution in [2.24, 2.45) is 0 Å². The van der Waals surface area contributed by atoms with Crippen molar-refractivity contribution in [3.05, 3.63) is 29.3 Å².